The highest BCUT2D eigenvalue weighted by Crippen LogP contribution is 2.34. The monoisotopic (exact) mass is 457 g/mol. The van der Waals surface area contributed by atoms with Crippen molar-refractivity contribution in [3.05, 3.63) is 66.0 Å². The molecule has 3 aromatic heterocycles. The van der Waals surface area contributed by atoms with Gasteiger partial charge in [-0.2, -0.15) is 5.10 Å². The summed E-state index contributed by atoms with van der Waals surface area (Å²) in [4.78, 5) is 21.2. The lowest BCUT2D eigenvalue weighted by Gasteiger charge is -2.23. The topological polar surface area (TPSA) is 106 Å². The molecule has 0 bridgehead atoms. The Hall–Kier alpha value is -3.98. The van der Waals surface area contributed by atoms with Crippen molar-refractivity contribution >= 4 is 28.6 Å². The maximum absolute atomic E-state index is 12.6. The molecule has 4 heterocycles. The van der Waals surface area contributed by atoms with Crippen molar-refractivity contribution in [2.75, 3.05) is 23.7 Å². The number of piperidine rings is 1. The van der Waals surface area contributed by atoms with Crippen LogP contribution in [0.1, 0.15) is 28.8 Å². The number of benzene rings is 1. The molecule has 1 aromatic carbocycles. The second-order valence-electron chi connectivity index (χ2n) is 8.47. The summed E-state index contributed by atoms with van der Waals surface area (Å²) < 4.78 is 7.97. The fourth-order valence-corrected chi connectivity index (χ4v) is 4.10. The maximum Gasteiger partial charge on any atom is 0.256 e. The summed E-state index contributed by atoms with van der Waals surface area (Å²) in [5.74, 6) is 2.33. The van der Waals surface area contributed by atoms with Gasteiger partial charge in [-0.25, -0.2) is 14.6 Å². The molecule has 1 unspecified atom stereocenters. The van der Waals surface area contributed by atoms with Gasteiger partial charge in [0, 0.05) is 43.7 Å². The maximum atomic E-state index is 12.6. The van der Waals surface area contributed by atoms with E-state index in [0.717, 1.165) is 48.3 Å². The Bertz CT molecular complexity index is 1310. The molecule has 9 heteroatoms. The van der Waals surface area contributed by atoms with Crippen molar-refractivity contribution in [2.45, 2.75) is 25.8 Å². The molecule has 0 aliphatic carbocycles. The highest BCUT2D eigenvalue weighted by atomic mass is 16.5. The minimum absolute atomic E-state index is 0.226. The first-order valence-corrected chi connectivity index (χ1v) is 11.4. The van der Waals surface area contributed by atoms with Crippen molar-refractivity contribution in [2.24, 2.45) is 7.05 Å². The predicted molar refractivity (Wildman–Crippen MR) is 131 cm³/mol. The van der Waals surface area contributed by atoms with Crippen LogP contribution < -0.4 is 20.7 Å². The Balaban J connectivity index is 1.35. The second kappa shape index (κ2) is 9.48. The summed E-state index contributed by atoms with van der Waals surface area (Å²) in [5, 5.41) is 15.3. The van der Waals surface area contributed by atoms with Gasteiger partial charge in [0.15, 0.2) is 11.5 Å². The first-order chi connectivity index (χ1) is 16.6. The number of nitrogens with one attached hydrogen (secondary N) is 3. The molecule has 34 heavy (non-hydrogen) atoms. The smallest absolute Gasteiger partial charge is 0.256 e. The molecule has 5 rings (SSSR count). The van der Waals surface area contributed by atoms with E-state index in [4.69, 9.17) is 4.74 Å². The molecule has 0 saturated carbocycles. The average molecular weight is 458 g/mol. The Morgan fingerprint density at radius 3 is 2.74 bits per heavy atom. The van der Waals surface area contributed by atoms with Gasteiger partial charge in [0.05, 0.1) is 0 Å². The lowest BCUT2D eigenvalue weighted by atomic mass is 10.1. The number of rotatable bonds is 6. The molecule has 1 fully saturated rings. The normalized spacial score (nSPS) is 15.8. The van der Waals surface area contributed by atoms with Crippen LogP contribution in [0.25, 0.3) is 11.0 Å². The molecule has 1 atom stereocenters. The number of amides is 1. The van der Waals surface area contributed by atoms with Gasteiger partial charge in [0.25, 0.3) is 5.91 Å². The molecular weight excluding hydrogens is 430 g/mol. The first kappa shape index (κ1) is 21.8. The van der Waals surface area contributed by atoms with E-state index in [0.29, 0.717) is 28.9 Å². The fourth-order valence-electron chi connectivity index (χ4n) is 4.10. The molecule has 0 spiro atoms. The number of fused-ring (bicyclic) bond motifs is 1. The highest BCUT2D eigenvalue weighted by molar-refractivity contribution is 6.03. The molecule has 0 radical (unpaired) electrons. The third kappa shape index (κ3) is 4.69. The Kier molecular flexibility index (Phi) is 6.09. The average Bonchev–Trinajstić information content (AvgIpc) is 3.16. The Morgan fingerprint density at radius 2 is 1.97 bits per heavy atom. The lowest BCUT2D eigenvalue weighted by Crippen LogP contribution is -2.38. The molecule has 1 amide bonds. The standard InChI is InChI=1S/C25H27N7O2/c1-16-9-12-27-21(14-16)30-25(33)17-5-7-19(8-6-17)34-20-10-13-28-24-22(20)23(31-32(24)2)29-18-4-3-11-26-15-18/h5-10,12-14,18,26H,3-4,11,15H2,1-2H3,(H,29,31)(H,27,30,33). The minimum Gasteiger partial charge on any atom is -0.456 e. The number of hydrogen-bond donors (Lipinski definition) is 3. The van der Waals surface area contributed by atoms with Crippen LogP contribution in [0.15, 0.2) is 54.9 Å². The van der Waals surface area contributed by atoms with Gasteiger partial charge in [-0.3, -0.25) is 4.79 Å². The third-order valence-corrected chi connectivity index (χ3v) is 5.83. The summed E-state index contributed by atoms with van der Waals surface area (Å²) in [6, 6.07) is 12.9. The van der Waals surface area contributed by atoms with E-state index in [-0.39, 0.29) is 5.91 Å². The summed E-state index contributed by atoms with van der Waals surface area (Å²) in [7, 11) is 1.87. The van der Waals surface area contributed by atoms with Crippen LogP contribution in [0.5, 0.6) is 11.5 Å². The summed E-state index contributed by atoms with van der Waals surface area (Å²) in [6.45, 7) is 3.90. The number of ether oxygens (including phenoxy) is 1. The van der Waals surface area contributed by atoms with Crippen LogP contribution in [0.3, 0.4) is 0 Å². The number of pyridine rings is 2. The fraction of sp³-hybridized carbons (Fsp3) is 0.280. The molecule has 3 N–H and O–H groups in total. The Morgan fingerprint density at radius 1 is 1.15 bits per heavy atom. The van der Waals surface area contributed by atoms with Gasteiger partial charge < -0.3 is 20.7 Å². The van der Waals surface area contributed by atoms with Crippen LogP contribution in [0.4, 0.5) is 11.6 Å². The zero-order valence-corrected chi connectivity index (χ0v) is 19.2. The minimum atomic E-state index is -0.226. The molecule has 4 aromatic rings. The van der Waals surface area contributed by atoms with Crippen LogP contribution >= 0.6 is 0 Å². The number of carbonyl (C=O) groups excluding carboxylic acids is 1. The lowest BCUT2D eigenvalue weighted by molar-refractivity contribution is 0.102. The van der Waals surface area contributed by atoms with Gasteiger partial charge in [-0.05, 0) is 68.3 Å². The molecular formula is C25H27N7O2. The summed E-state index contributed by atoms with van der Waals surface area (Å²) in [6.07, 6.45) is 5.60. The molecule has 1 aliphatic heterocycles. The van der Waals surface area contributed by atoms with Gasteiger partial charge in [-0.1, -0.05) is 0 Å². The first-order valence-electron chi connectivity index (χ1n) is 11.4. The SMILES string of the molecule is Cc1ccnc(NC(=O)c2ccc(Oc3ccnc4c3c(NC3CCCNC3)nn4C)cc2)c1. The van der Waals surface area contributed by atoms with Gasteiger partial charge in [-0.15, -0.1) is 0 Å². The van der Waals surface area contributed by atoms with E-state index in [1.807, 2.05) is 32.2 Å². The van der Waals surface area contributed by atoms with E-state index >= 15 is 0 Å². The van der Waals surface area contributed by atoms with E-state index in [2.05, 4.69) is 31.0 Å². The number of aromatic nitrogens is 4. The van der Waals surface area contributed by atoms with E-state index in [1.165, 1.54) is 0 Å². The summed E-state index contributed by atoms with van der Waals surface area (Å²) in [5.41, 5.74) is 2.29. The van der Waals surface area contributed by atoms with Gasteiger partial charge in [0.1, 0.15) is 22.7 Å². The van der Waals surface area contributed by atoms with Crippen LogP contribution in [0.2, 0.25) is 0 Å². The van der Waals surface area contributed by atoms with Gasteiger partial charge >= 0.3 is 0 Å². The number of nitrogens with zero attached hydrogens (tertiary/aromatic N) is 4. The largest absolute Gasteiger partial charge is 0.456 e. The van der Waals surface area contributed by atoms with E-state index in [9.17, 15) is 4.79 Å². The van der Waals surface area contributed by atoms with E-state index in [1.54, 1.807) is 41.3 Å². The zero-order valence-electron chi connectivity index (χ0n) is 19.2. The molecule has 1 aliphatic rings. The van der Waals surface area contributed by atoms with Crippen LogP contribution in [-0.4, -0.2) is 44.8 Å². The number of hydrogen-bond acceptors (Lipinski definition) is 7. The predicted octanol–water partition coefficient (Wildman–Crippen LogP) is 3.88. The molecule has 174 valence electrons. The number of carbonyl (C=O) groups is 1. The van der Waals surface area contributed by atoms with Crippen molar-refractivity contribution in [3.63, 3.8) is 0 Å². The second-order valence-corrected chi connectivity index (χ2v) is 8.47. The zero-order chi connectivity index (χ0) is 23.5. The number of aryl methyl sites for hydroxylation is 2. The highest BCUT2D eigenvalue weighted by Gasteiger charge is 2.20. The summed E-state index contributed by atoms with van der Waals surface area (Å²) >= 11 is 0. The van der Waals surface area contributed by atoms with E-state index < -0.39 is 0 Å². The number of anilines is 2. The molecule has 9 nitrogen and oxygen atoms in total. The Labute approximate surface area is 197 Å². The van der Waals surface area contributed by atoms with Crippen LogP contribution in [-0.2, 0) is 7.05 Å². The molecule has 1 saturated heterocycles. The van der Waals surface area contributed by atoms with Crippen molar-refractivity contribution in [3.8, 4) is 11.5 Å². The quantitative estimate of drug-likeness (QED) is 0.403. The van der Waals surface area contributed by atoms with Crippen LogP contribution in [0, 0.1) is 6.92 Å². The van der Waals surface area contributed by atoms with Gasteiger partial charge in [0.2, 0.25) is 0 Å². The third-order valence-electron chi connectivity index (χ3n) is 5.83. The van der Waals surface area contributed by atoms with Crippen molar-refractivity contribution in [1.82, 2.24) is 25.1 Å². The van der Waals surface area contributed by atoms with Crippen molar-refractivity contribution < 1.29 is 9.53 Å². The van der Waals surface area contributed by atoms with Crippen molar-refractivity contribution in [1.29, 1.82) is 0 Å².